The number of hydrogen-bond donors (Lipinski definition) is 0. The van der Waals surface area contributed by atoms with E-state index in [2.05, 4.69) is 20.8 Å². The van der Waals surface area contributed by atoms with Crippen LogP contribution >= 0.6 is 24.0 Å². The van der Waals surface area contributed by atoms with Gasteiger partial charge in [-0.05, 0) is 129 Å². The molecule has 3 heteroatoms. The van der Waals surface area contributed by atoms with Crippen LogP contribution in [0.2, 0.25) is 0 Å². The van der Waals surface area contributed by atoms with Gasteiger partial charge in [-0.25, -0.2) is 0 Å². The second-order valence-electron chi connectivity index (χ2n) is 11.6. The smallest absolute Gasteiger partial charge is 0.219 e. The number of thiocarbonyl (C=S) groups is 1. The summed E-state index contributed by atoms with van der Waals surface area (Å²) in [6, 6.07) is 0. The molecule has 0 aromatic rings. The van der Waals surface area contributed by atoms with Gasteiger partial charge in [0.2, 0.25) is 4.38 Å². The van der Waals surface area contributed by atoms with E-state index in [1.165, 1.54) is 64.2 Å². The van der Waals surface area contributed by atoms with E-state index < -0.39 is 0 Å². The average molecular weight is 437 g/mol. The first-order chi connectivity index (χ1) is 13.9. The maximum atomic E-state index is 5.66. The Bertz CT molecular complexity index is 591. The van der Waals surface area contributed by atoms with Crippen molar-refractivity contribution < 1.29 is 4.74 Å². The molecule has 1 nitrogen and oxygen atoms in total. The quantitative estimate of drug-likeness (QED) is 0.318. The van der Waals surface area contributed by atoms with E-state index in [1.54, 1.807) is 18.2 Å². The Labute approximate surface area is 189 Å². The summed E-state index contributed by atoms with van der Waals surface area (Å²) in [7, 11) is 0. The van der Waals surface area contributed by atoms with Crippen LogP contribution in [0, 0.1) is 46.3 Å². The van der Waals surface area contributed by atoms with E-state index in [0.29, 0.717) is 15.2 Å². The molecule has 8 atom stereocenters. The standard InChI is InChI=1S/C26H44OS2/c1-18(8-7-17-27-24(28)29-4)21-12-13-22-20-11-10-19-9-5-6-15-25(19,2)23(20)14-16-26(21,22)3/h18-23H,5-17H2,1-4H3/t18-,19-,20-,21+,22-,23-,25-,26+/m0/s1. The van der Waals surface area contributed by atoms with Crippen molar-refractivity contribution in [3.8, 4) is 0 Å². The lowest BCUT2D eigenvalue weighted by molar-refractivity contribution is -0.114. The fourth-order valence-electron chi connectivity index (χ4n) is 9.09. The molecule has 0 N–H and O–H groups in total. The van der Waals surface area contributed by atoms with Crippen molar-refractivity contribution in [2.45, 2.75) is 97.8 Å². The Balaban J connectivity index is 1.39. The third-order valence-corrected chi connectivity index (χ3v) is 11.6. The summed E-state index contributed by atoms with van der Waals surface area (Å²) in [5, 5.41) is 0. The molecule has 0 heterocycles. The maximum Gasteiger partial charge on any atom is 0.219 e. The van der Waals surface area contributed by atoms with Crippen LogP contribution in [0.4, 0.5) is 0 Å². The minimum atomic E-state index is 0.605. The second-order valence-corrected chi connectivity index (χ2v) is 13.0. The molecule has 4 rings (SSSR count). The van der Waals surface area contributed by atoms with E-state index in [-0.39, 0.29) is 0 Å². The highest BCUT2D eigenvalue weighted by atomic mass is 32.2. The lowest BCUT2D eigenvalue weighted by Gasteiger charge is -2.61. The second kappa shape index (κ2) is 9.00. The van der Waals surface area contributed by atoms with Crippen LogP contribution in [0.25, 0.3) is 0 Å². The molecule has 0 saturated heterocycles. The fraction of sp³-hybridized carbons (Fsp3) is 0.962. The van der Waals surface area contributed by atoms with Gasteiger partial charge in [-0.1, -0.05) is 45.4 Å². The molecule has 4 aliphatic rings. The maximum absolute atomic E-state index is 5.66. The SMILES string of the molecule is CSC(=S)OCCC[C@H](C)[C@H]1CC[C@H]2[C@@H]3CC[C@@H]4CCCC[C@]4(C)[C@H]3CC[C@]12C. The van der Waals surface area contributed by atoms with Gasteiger partial charge >= 0.3 is 0 Å². The van der Waals surface area contributed by atoms with Gasteiger partial charge in [-0.3, -0.25) is 0 Å². The van der Waals surface area contributed by atoms with E-state index in [0.717, 1.165) is 48.5 Å². The summed E-state index contributed by atoms with van der Waals surface area (Å²) < 4.78 is 6.37. The largest absolute Gasteiger partial charge is 0.479 e. The number of hydrogen-bond acceptors (Lipinski definition) is 3. The van der Waals surface area contributed by atoms with Gasteiger partial charge in [-0.15, -0.1) is 0 Å². The summed E-state index contributed by atoms with van der Waals surface area (Å²) in [5.41, 5.74) is 1.28. The zero-order chi connectivity index (χ0) is 20.6. The summed E-state index contributed by atoms with van der Waals surface area (Å²) in [5.74, 6) is 5.88. The van der Waals surface area contributed by atoms with E-state index in [4.69, 9.17) is 17.0 Å². The summed E-state index contributed by atoms with van der Waals surface area (Å²) in [6.07, 6.45) is 19.6. The van der Waals surface area contributed by atoms with E-state index in [1.807, 2.05) is 6.26 Å². The Kier molecular flexibility index (Phi) is 6.97. The zero-order valence-electron chi connectivity index (χ0n) is 19.4. The first-order valence-electron chi connectivity index (χ1n) is 12.6. The zero-order valence-corrected chi connectivity index (χ0v) is 21.0. The number of thioether (sulfide) groups is 1. The van der Waals surface area contributed by atoms with Gasteiger partial charge < -0.3 is 4.74 Å². The predicted octanol–water partition coefficient (Wildman–Crippen LogP) is 8.12. The molecule has 0 amide bonds. The number of rotatable bonds is 5. The van der Waals surface area contributed by atoms with Crippen molar-refractivity contribution in [1.82, 2.24) is 0 Å². The van der Waals surface area contributed by atoms with Crippen molar-refractivity contribution in [2.24, 2.45) is 46.3 Å². The molecule has 29 heavy (non-hydrogen) atoms. The molecule has 0 aromatic carbocycles. The molecule has 0 bridgehead atoms. The average Bonchev–Trinajstić information content (AvgIpc) is 3.07. The molecule has 166 valence electrons. The van der Waals surface area contributed by atoms with Crippen molar-refractivity contribution in [3.63, 3.8) is 0 Å². The minimum absolute atomic E-state index is 0.605. The number of ether oxygens (including phenoxy) is 1. The molecule has 4 saturated carbocycles. The molecule has 0 unspecified atom stereocenters. The Morgan fingerprint density at radius 3 is 2.59 bits per heavy atom. The lowest BCUT2D eigenvalue weighted by Crippen LogP contribution is -2.53. The number of fused-ring (bicyclic) bond motifs is 5. The highest BCUT2D eigenvalue weighted by Crippen LogP contribution is 2.68. The van der Waals surface area contributed by atoms with Gasteiger partial charge in [0.1, 0.15) is 0 Å². The van der Waals surface area contributed by atoms with Gasteiger partial charge in [0.25, 0.3) is 0 Å². The third-order valence-electron chi connectivity index (χ3n) is 10.5. The van der Waals surface area contributed by atoms with Crippen LogP contribution in [0.5, 0.6) is 0 Å². The molecular formula is C26H44OS2. The normalized spacial score (nSPS) is 45.0. The topological polar surface area (TPSA) is 9.23 Å². The van der Waals surface area contributed by atoms with Crippen molar-refractivity contribution in [3.05, 3.63) is 0 Å². The monoisotopic (exact) mass is 436 g/mol. The molecule has 0 aliphatic heterocycles. The van der Waals surface area contributed by atoms with Crippen molar-refractivity contribution in [2.75, 3.05) is 12.9 Å². The Morgan fingerprint density at radius 1 is 1.00 bits per heavy atom. The highest BCUT2D eigenvalue weighted by molar-refractivity contribution is 8.22. The van der Waals surface area contributed by atoms with Crippen LogP contribution in [-0.4, -0.2) is 17.2 Å². The molecule has 0 radical (unpaired) electrons. The van der Waals surface area contributed by atoms with Crippen LogP contribution in [0.3, 0.4) is 0 Å². The van der Waals surface area contributed by atoms with Crippen molar-refractivity contribution in [1.29, 1.82) is 0 Å². The van der Waals surface area contributed by atoms with E-state index in [9.17, 15) is 0 Å². The molecule has 0 aromatic heterocycles. The summed E-state index contributed by atoms with van der Waals surface area (Å²) in [4.78, 5) is 0. The lowest BCUT2D eigenvalue weighted by atomic mass is 9.44. The van der Waals surface area contributed by atoms with Crippen molar-refractivity contribution >= 4 is 28.4 Å². The van der Waals surface area contributed by atoms with Crippen LogP contribution in [-0.2, 0) is 4.74 Å². The van der Waals surface area contributed by atoms with E-state index >= 15 is 0 Å². The summed E-state index contributed by atoms with van der Waals surface area (Å²) >= 11 is 6.73. The minimum Gasteiger partial charge on any atom is -0.479 e. The first-order valence-corrected chi connectivity index (χ1v) is 14.2. The highest BCUT2D eigenvalue weighted by Gasteiger charge is 2.59. The van der Waals surface area contributed by atoms with Gasteiger partial charge in [0.15, 0.2) is 0 Å². The van der Waals surface area contributed by atoms with Crippen LogP contribution < -0.4 is 0 Å². The van der Waals surface area contributed by atoms with Crippen LogP contribution in [0.15, 0.2) is 0 Å². The molecule has 0 spiro atoms. The third kappa shape index (κ3) is 4.06. The van der Waals surface area contributed by atoms with Crippen LogP contribution in [0.1, 0.15) is 97.8 Å². The van der Waals surface area contributed by atoms with Gasteiger partial charge in [-0.2, -0.15) is 0 Å². The predicted molar refractivity (Wildman–Crippen MR) is 130 cm³/mol. The Hall–Kier alpha value is 0.240. The first kappa shape index (κ1) is 22.4. The molecule has 4 aliphatic carbocycles. The van der Waals surface area contributed by atoms with Gasteiger partial charge in [0.05, 0.1) is 6.61 Å². The van der Waals surface area contributed by atoms with Gasteiger partial charge in [0, 0.05) is 0 Å². The molecular weight excluding hydrogens is 392 g/mol. The summed E-state index contributed by atoms with van der Waals surface area (Å²) in [6.45, 7) is 8.76. The Morgan fingerprint density at radius 2 is 1.79 bits per heavy atom. The molecule has 4 fully saturated rings. The fourth-order valence-corrected chi connectivity index (χ4v) is 9.38.